The van der Waals surface area contributed by atoms with Crippen LogP contribution in [-0.4, -0.2) is 24.5 Å². The van der Waals surface area contributed by atoms with E-state index in [4.69, 9.17) is 4.74 Å². The van der Waals surface area contributed by atoms with Crippen molar-refractivity contribution in [2.75, 3.05) is 23.9 Å². The van der Waals surface area contributed by atoms with Gasteiger partial charge in [-0.25, -0.2) is 0 Å². The smallest absolute Gasteiger partial charge is 0.234 e. The summed E-state index contributed by atoms with van der Waals surface area (Å²) in [5, 5.41) is 2.88. The number of thioether (sulfide) groups is 1. The zero-order valence-electron chi connectivity index (χ0n) is 12.0. The molecule has 0 spiro atoms. The highest BCUT2D eigenvalue weighted by molar-refractivity contribution is 7.99. The fraction of sp³-hybridized carbons (Fsp3) is 0.235. The molecule has 0 unspecified atom stereocenters. The minimum atomic E-state index is -0.00226. The highest BCUT2D eigenvalue weighted by Crippen LogP contribution is 2.23. The number of para-hydroxylation sites is 2. The van der Waals surface area contributed by atoms with Crippen molar-refractivity contribution < 1.29 is 9.53 Å². The van der Waals surface area contributed by atoms with Crippen molar-refractivity contribution in [3.63, 3.8) is 0 Å². The molecule has 1 N–H and O–H groups in total. The Morgan fingerprint density at radius 1 is 1.10 bits per heavy atom. The van der Waals surface area contributed by atoms with E-state index in [-0.39, 0.29) is 5.91 Å². The van der Waals surface area contributed by atoms with Crippen LogP contribution in [0, 0.1) is 0 Å². The van der Waals surface area contributed by atoms with Gasteiger partial charge in [0.05, 0.1) is 18.6 Å². The molecule has 0 saturated heterocycles. The molecule has 3 nitrogen and oxygen atoms in total. The number of rotatable bonds is 7. The summed E-state index contributed by atoms with van der Waals surface area (Å²) in [6.07, 6.45) is 0.980. The predicted molar refractivity (Wildman–Crippen MR) is 89.1 cm³/mol. The number of carbonyl (C=O) groups excluding carboxylic acids is 1. The van der Waals surface area contributed by atoms with Crippen LogP contribution in [-0.2, 0) is 11.2 Å². The van der Waals surface area contributed by atoms with Crippen molar-refractivity contribution in [2.45, 2.75) is 6.42 Å². The van der Waals surface area contributed by atoms with E-state index < -0.39 is 0 Å². The number of amides is 1. The van der Waals surface area contributed by atoms with Crippen molar-refractivity contribution in [3.05, 3.63) is 60.2 Å². The number of methoxy groups -OCH3 is 1. The summed E-state index contributed by atoms with van der Waals surface area (Å²) in [4.78, 5) is 11.9. The predicted octanol–water partition coefficient (Wildman–Crippen LogP) is 3.61. The summed E-state index contributed by atoms with van der Waals surface area (Å²) >= 11 is 1.64. The number of anilines is 1. The Kier molecular flexibility index (Phi) is 6.16. The number of benzene rings is 2. The number of hydrogen-bond acceptors (Lipinski definition) is 3. The van der Waals surface area contributed by atoms with Crippen LogP contribution in [0.15, 0.2) is 54.6 Å². The molecule has 0 saturated carbocycles. The molecule has 0 aromatic heterocycles. The molecule has 0 atom stereocenters. The Labute approximate surface area is 129 Å². The molecule has 1 amide bonds. The van der Waals surface area contributed by atoms with Crippen LogP contribution in [0.25, 0.3) is 0 Å². The number of ether oxygens (including phenoxy) is 1. The van der Waals surface area contributed by atoms with Crippen molar-refractivity contribution in [3.8, 4) is 5.75 Å². The van der Waals surface area contributed by atoms with Gasteiger partial charge in [0.15, 0.2) is 0 Å². The average molecular weight is 301 g/mol. The Balaban J connectivity index is 1.72. The average Bonchev–Trinajstić information content (AvgIpc) is 2.53. The van der Waals surface area contributed by atoms with Crippen molar-refractivity contribution in [1.82, 2.24) is 0 Å². The second kappa shape index (κ2) is 8.37. The molecule has 0 fully saturated rings. The molecule has 0 aliphatic heterocycles. The van der Waals surface area contributed by atoms with E-state index in [1.54, 1.807) is 18.9 Å². The molecule has 0 heterocycles. The van der Waals surface area contributed by atoms with Crippen molar-refractivity contribution in [1.29, 1.82) is 0 Å². The van der Waals surface area contributed by atoms with E-state index in [9.17, 15) is 4.79 Å². The van der Waals surface area contributed by atoms with Gasteiger partial charge in [0.1, 0.15) is 5.75 Å². The van der Waals surface area contributed by atoms with E-state index in [2.05, 4.69) is 17.4 Å². The topological polar surface area (TPSA) is 38.3 Å². The Morgan fingerprint density at radius 3 is 2.57 bits per heavy atom. The van der Waals surface area contributed by atoms with Crippen molar-refractivity contribution >= 4 is 23.4 Å². The summed E-state index contributed by atoms with van der Waals surface area (Å²) in [5.41, 5.74) is 2.02. The van der Waals surface area contributed by atoms with Gasteiger partial charge >= 0.3 is 0 Å². The fourth-order valence-corrected chi connectivity index (χ4v) is 2.72. The van der Waals surface area contributed by atoms with Crippen LogP contribution in [0.3, 0.4) is 0 Å². The van der Waals surface area contributed by atoms with Gasteiger partial charge in [-0.3, -0.25) is 4.79 Å². The number of nitrogens with one attached hydrogen (secondary N) is 1. The van der Waals surface area contributed by atoms with Gasteiger partial charge in [0, 0.05) is 0 Å². The first-order chi connectivity index (χ1) is 10.3. The first-order valence-electron chi connectivity index (χ1n) is 6.84. The maximum absolute atomic E-state index is 11.9. The Bertz CT molecular complexity index is 572. The summed E-state index contributed by atoms with van der Waals surface area (Å²) in [6, 6.07) is 17.7. The van der Waals surface area contributed by atoms with Crippen LogP contribution in [0.2, 0.25) is 0 Å². The monoisotopic (exact) mass is 301 g/mol. The normalized spacial score (nSPS) is 10.1. The third-order valence-electron chi connectivity index (χ3n) is 2.99. The zero-order valence-corrected chi connectivity index (χ0v) is 12.9. The van der Waals surface area contributed by atoms with E-state index in [1.807, 2.05) is 42.5 Å². The van der Waals surface area contributed by atoms with Crippen molar-refractivity contribution in [2.24, 2.45) is 0 Å². The first kappa shape index (κ1) is 15.4. The number of carbonyl (C=O) groups is 1. The maximum Gasteiger partial charge on any atom is 0.234 e. The second-order valence-electron chi connectivity index (χ2n) is 4.54. The van der Waals surface area contributed by atoms with Crippen LogP contribution in [0.1, 0.15) is 5.56 Å². The molecular formula is C17H19NO2S. The highest BCUT2D eigenvalue weighted by atomic mass is 32.2. The SMILES string of the molecule is COc1ccccc1NC(=O)CSCCc1ccccc1. The fourth-order valence-electron chi connectivity index (χ4n) is 1.93. The maximum atomic E-state index is 11.9. The van der Waals surface area contributed by atoms with E-state index >= 15 is 0 Å². The van der Waals surface area contributed by atoms with Gasteiger partial charge in [-0.15, -0.1) is 0 Å². The van der Waals surface area contributed by atoms with Gasteiger partial charge in [0.25, 0.3) is 0 Å². The molecule has 0 radical (unpaired) electrons. The van der Waals surface area contributed by atoms with E-state index in [0.29, 0.717) is 17.2 Å². The molecule has 0 aliphatic rings. The molecule has 4 heteroatoms. The largest absolute Gasteiger partial charge is 0.495 e. The van der Waals surface area contributed by atoms with E-state index in [1.165, 1.54) is 5.56 Å². The standard InChI is InChI=1S/C17H19NO2S/c1-20-16-10-6-5-9-15(16)18-17(19)13-21-12-11-14-7-3-2-4-8-14/h2-10H,11-13H2,1H3,(H,18,19). The van der Waals surface area contributed by atoms with Gasteiger partial charge in [-0.05, 0) is 29.9 Å². The lowest BCUT2D eigenvalue weighted by molar-refractivity contribution is -0.113. The summed E-state index contributed by atoms with van der Waals surface area (Å²) in [7, 11) is 1.60. The molecule has 0 aliphatic carbocycles. The third-order valence-corrected chi connectivity index (χ3v) is 3.95. The summed E-state index contributed by atoms with van der Waals surface area (Å²) < 4.78 is 5.21. The molecule has 2 aromatic carbocycles. The van der Waals surface area contributed by atoms with E-state index in [0.717, 1.165) is 12.2 Å². The first-order valence-corrected chi connectivity index (χ1v) is 7.99. The van der Waals surface area contributed by atoms with Gasteiger partial charge in [0.2, 0.25) is 5.91 Å². The van der Waals surface area contributed by atoms with Crippen LogP contribution in [0.5, 0.6) is 5.75 Å². The summed E-state index contributed by atoms with van der Waals surface area (Å²) in [5.74, 6) is 2.06. The van der Waals surface area contributed by atoms with Crippen LogP contribution in [0.4, 0.5) is 5.69 Å². The molecule has 0 bridgehead atoms. The minimum absolute atomic E-state index is 0.00226. The van der Waals surface area contributed by atoms with Gasteiger partial charge in [-0.1, -0.05) is 42.5 Å². The summed E-state index contributed by atoms with van der Waals surface area (Å²) in [6.45, 7) is 0. The third kappa shape index (κ3) is 5.16. The quantitative estimate of drug-likeness (QED) is 0.794. The molecule has 2 rings (SSSR count). The lowest BCUT2D eigenvalue weighted by Gasteiger charge is -2.09. The lowest BCUT2D eigenvalue weighted by atomic mass is 10.2. The second-order valence-corrected chi connectivity index (χ2v) is 5.64. The lowest BCUT2D eigenvalue weighted by Crippen LogP contribution is -2.15. The Morgan fingerprint density at radius 2 is 1.81 bits per heavy atom. The number of aryl methyl sites for hydroxylation is 1. The molecule has 2 aromatic rings. The van der Waals surface area contributed by atoms with Crippen LogP contribution < -0.4 is 10.1 Å². The van der Waals surface area contributed by atoms with Gasteiger partial charge in [-0.2, -0.15) is 11.8 Å². The number of hydrogen-bond donors (Lipinski definition) is 1. The molecule has 21 heavy (non-hydrogen) atoms. The zero-order chi connectivity index (χ0) is 14.9. The van der Waals surface area contributed by atoms with Gasteiger partial charge < -0.3 is 10.1 Å². The minimum Gasteiger partial charge on any atom is -0.495 e. The molecule has 110 valence electrons. The highest BCUT2D eigenvalue weighted by Gasteiger charge is 2.06. The Hall–Kier alpha value is -1.94. The van der Waals surface area contributed by atoms with Crippen LogP contribution >= 0.6 is 11.8 Å². The molecular weight excluding hydrogens is 282 g/mol.